The number of nitrogens with zero attached hydrogens (tertiary/aromatic N) is 3. The Bertz CT molecular complexity index is 809. The van der Waals surface area contributed by atoms with Crippen LogP contribution in [0.4, 0.5) is 0 Å². The third-order valence-corrected chi connectivity index (χ3v) is 3.21. The minimum Gasteiger partial charge on any atom is -0.478 e. The van der Waals surface area contributed by atoms with E-state index >= 15 is 0 Å². The van der Waals surface area contributed by atoms with Crippen LogP contribution in [0.3, 0.4) is 0 Å². The van der Waals surface area contributed by atoms with Crippen molar-refractivity contribution in [3.05, 3.63) is 52.8 Å². The zero-order chi connectivity index (χ0) is 14.3. The molecule has 0 spiro atoms. The van der Waals surface area contributed by atoms with Crippen LogP contribution in [0.5, 0.6) is 0 Å². The van der Waals surface area contributed by atoms with Crippen LogP contribution in [0.25, 0.3) is 16.9 Å². The molecule has 2 aromatic heterocycles. The number of aromatic carboxylic acids is 1. The van der Waals surface area contributed by atoms with Crippen molar-refractivity contribution in [1.82, 2.24) is 14.6 Å². The molecule has 0 saturated heterocycles. The van der Waals surface area contributed by atoms with Gasteiger partial charge in [0.1, 0.15) is 5.15 Å². The van der Waals surface area contributed by atoms with Crippen molar-refractivity contribution in [2.75, 3.05) is 0 Å². The molecule has 0 unspecified atom stereocenters. The van der Waals surface area contributed by atoms with Crippen LogP contribution in [-0.4, -0.2) is 25.7 Å². The van der Waals surface area contributed by atoms with Gasteiger partial charge in [0.05, 0.1) is 11.3 Å². The summed E-state index contributed by atoms with van der Waals surface area (Å²) in [7, 11) is 0. The predicted octanol–water partition coefficient (Wildman–Crippen LogP) is 3.06. The van der Waals surface area contributed by atoms with Gasteiger partial charge < -0.3 is 5.11 Å². The predicted molar refractivity (Wildman–Crippen MR) is 75.1 cm³/mol. The summed E-state index contributed by atoms with van der Waals surface area (Å²) in [5.74, 6) is -0.952. The van der Waals surface area contributed by atoms with E-state index in [4.69, 9.17) is 16.7 Å². The van der Waals surface area contributed by atoms with Crippen molar-refractivity contribution in [3.8, 4) is 11.3 Å². The molecular weight excluding hydrogens is 278 g/mol. The summed E-state index contributed by atoms with van der Waals surface area (Å²) < 4.78 is 1.55. The van der Waals surface area contributed by atoms with Gasteiger partial charge in [-0.15, -0.1) is 0 Å². The van der Waals surface area contributed by atoms with Crippen molar-refractivity contribution >= 4 is 23.2 Å². The number of halogens is 1. The van der Waals surface area contributed by atoms with Gasteiger partial charge in [-0.2, -0.15) is 5.10 Å². The summed E-state index contributed by atoms with van der Waals surface area (Å²) in [6.07, 6.45) is 0. The molecule has 0 aliphatic carbocycles. The van der Waals surface area contributed by atoms with Crippen molar-refractivity contribution in [3.63, 3.8) is 0 Å². The average Bonchev–Trinajstić information content (AvgIpc) is 2.83. The minimum atomic E-state index is -0.952. The van der Waals surface area contributed by atoms with Gasteiger partial charge in [-0.3, -0.25) is 0 Å². The molecule has 3 aromatic rings. The molecular formula is C14H10ClN3O2. The Morgan fingerprint density at radius 3 is 2.60 bits per heavy atom. The van der Waals surface area contributed by atoms with Gasteiger partial charge in [0, 0.05) is 17.3 Å². The third kappa shape index (κ3) is 2.12. The number of hydrogen-bond donors (Lipinski definition) is 1. The quantitative estimate of drug-likeness (QED) is 0.736. The number of carboxylic acid groups (broad SMARTS) is 1. The van der Waals surface area contributed by atoms with Crippen molar-refractivity contribution in [2.24, 2.45) is 0 Å². The molecule has 6 heteroatoms. The Balaban J connectivity index is 2.10. The summed E-state index contributed by atoms with van der Waals surface area (Å²) in [6.45, 7) is 1.86. The number of rotatable bonds is 2. The number of hydrogen-bond acceptors (Lipinski definition) is 3. The lowest BCUT2D eigenvalue weighted by Gasteiger charge is -1.98. The van der Waals surface area contributed by atoms with Crippen LogP contribution in [0, 0.1) is 6.92 Å². The van der Waals surface area contributed by atoms with Gasteiger partial charge in [-0.1, -0.05) is 23.7 Å². The number of benzene rings is 1. The molecule has 0 saturated carbocycles. The first-order valence-corrected chi connectivity index (χ1v) is 6.29. The summed E-state index contributed by atoms with van der Waals surface area (Å²) in [5, 5.41) is 13.7. The average molecular weight is 288 g/mol. The fraction of sp³-hybridized carbons (Fsp3) is 0.0714. The highest BCUT2D eigenvalue weighted by Crippen LogP contribution is 2.22. The van der Waals surface area contributed by atoms with Crippen LogP contribution in [0.2, 0.25) is 5.15 Å². The molecule has 20 heavy (non-hydrogen) atoms. The van der Waals surface area contributed by atoms with Crippen LogP contribution in [0.1, 0.15) is 16.1 Å². The monoisotopic (exact) mass is 287 g/mol. The van der Waals surface area contributed by atoms with Crippen LogP contribution in [0.15, 0.2) is 36.4 Å². The van der Waals surface area contributed by atoms with Crippen molar-refractivity contribution < 1.29 is 9.90 Å². The maximum absolute atomic E-state index is 10.8. The Morgan fingerprint density at radius 1 is 1.25 bits per heavy atom. The number of fused-ring (bicyclic) bond motifs is 1. The molecule has 2 heterocycles. The zero-order valence-corrected chi connectivity index (χ0v) is 11.3. The number of aromatic nitrogens is 3. The summed E-state index contributed by atoms with van der Waals surface area (Å²) in [4.78, 5) is 15.2. The second kappa shape index (κ2) is 4.61. The summed E-state index contributed by atoms with van der Waals surface area (Å²) in [5.41, 5.74) is 3.23. The third-order valence-electron chi connectivity index (χ3n) is 2.94. The molecule has 0 bridgehead atoms. The largest absolute Gasteiger partial charge is 0.478 e. The van der Waals surface area contributed by atoms with E-state index in [0.29, 0.717) is 16.5 Å². The molecule has 0 radical (unpaired) electrons. The highest BCUT2D eigenvalue weighted by molar-refractivity contribution is 6.29. The Hall–Kier alpha value is -2.40. The second-order valence-corrected chi connectivity index (χ2v) is 4.79. The first-order chi connectivity index (χ1) is 9.54. The zero-order valence-electron chi connectivity index (χ0n) is 10.5. The van der Waals surface area contributed by atoms with Gasteiger partial charge in [-0.05, 0) is 25.1 Å². The highest BCUT2D eigenvalue weighted by atomic mass is 35.5. The standard InChI is InChI=1S/C14H10ClN3O2/c1-8-6-12(15)18-13(16-8)7-11(17-18)9-2-4-10(5-3-9)14(19)20/h2-7H,1H3,(H,19,20). The van der Waals surface area contributed by atoms with Gasteiger partial charge in [0.25, 0.3) is 0 Å². The Labute approximate surface area is 119 Å². The van der Waals surface area contributed by atoms with E-state index in [-0.39, 0.29) is 5.56 Å². The number of carboxylic acids is 1. The van der Waals surface area contributed by atoms with Gasteiger partial charge in [-0.25, -0.2) is 14.3 Å². The lowest BCUT2D eigenvalue weighted by atomic mass is 10.1. The first-order valence-electron chi connectivity index (χ1n) is 5.91. The van der Waals surface area contributed by atoms with E-state index in [1.807, 2.05) is 13.0 Å². The van der Waals surface area contributed by atoms with Crippen molar-refractivity contribution in [2.45, 2.75) is 6.92 Å². The topological polar surface area (TPSA) is 67.5 Å². The molecule has 100 valence electrons. The van der Waals surface area contributed by atoms with Crippen LogP contribution >= 0.6 is 11.6 Å². The van der Waals surface area contributed by atoms with E-state index in [9.17, 15) is 4.79 Å². The van der Waals surface area contributed by atoms with E-state index < -0.39 is 5.97 Å². The molecule has 0 aliphatic heterocycles. The summed E-state index contributed by atoms with van der Waals surface area (Å²) in [6, 6.07) is 10.1. The lowest BCUT2D eigenvalue weighted by molar-refractivity contribution is 0.0697. The normalized spacial score (nSPS) is 10.9. The van der Waals surface area contributed by atoms with Crippen molar-refractivity contribution in [1.29, 1.82) is 0 Å². The fourth-order valence-electron chi connectivity index (χ4n) is 1.98. The van der Waals surface area contributed by atoms with Gasteiger partial charge >= 0.3 is 5.97 Å². The fourth-order valence-corrected chi connectivity index (χ4v) is 2.26. The number of aryl methyl sites for hydroxylation is 1. The molecule has 1 aromatic carbocycles. The first kappa shape index (κ1) is 12.6. The Kier molecular flexibility index (Phi) is 2.91. The van der Waals surface area contributed by atoms with Gasteiger partial charge in [0.15, 0.2) is 5.65 Å². The highest BCUT2D eigenvalue weighted by Gasteiger charge is 2.09. The lowest BCUT2D eigenvalue weighted by Crippen LogP contribution is -1.95. The molecule has 0 aliphatic rings. The number of carbonyl (C=O) groups is 1. The summed E-state index contributed by atoms with van der Waals surface area (Å²) >= 11 is 6.11. The molecule has 0 fully saturated rings. The van der Waals surface area contributed by atoms with E-state index in [0.717, 1.165) is 11.3 Å². The smallest absolute Gasteiger partial charge is 0.335 e. The minimum absolute atomic E-state index is 0.240. The van der Waals surface area contributed by atoms with E-state index in [1.54, 1.807) is 34.8 Å². The van der Waals surface area contributed by atoms with Crippen LogP contribution < -0.4 is 0 Å². The van der Waals surface area contributed by atoms with E-state index in [1.165, 1.54) is 0 Å². The molecule has 5 nitrogen and oxygen atoms in total. The van der Waals surface area contributed by atoms with Crippen LogP contribution in [-0.2, 0) is 0 Å². The molecule has 1 N–H and O–H groups in total. The maximum Gasteiger partial charge on any atom is 0.335 e. The molecule has 3 rings (SSSR count). The SMILES string of the molecule is Cc1cc(Cl)n2nc(-c3ccc(C(=O)O)cc3)cc2n1. The van der Waals surface area contributed by atoms with Gasteiger partial charge in [0.2, 0.25) is 0 Å². The molecule has 0 amide bonds. The Morgan fingerprint density at radius 2 is 1.95 bits per heavy atom. The molecule has 0 atom stereocenters. The maximum atomic E-state index is 10.8. The second-order valence-electron chi connectivity index (χ2n) is 4.40. The van der Waals surface area contributed by atoms with E-state index in [2.05, 4.69) is 10.1 Å².